The van der Waals surface area contributed by atoms with Gasteiger partial charge in [0.15, 0.2) is 0 Å². The van der Waals surface area contributed by atoms with E-state index < -0.39 is 30.1 Å². The van der Waals surface area contributed by atoms with Crippen LogP contribution in [0.4, 0.5) is 0 Å². The van der Waals surface area contributed by atoms with Crippen molar-refractivity contribution < 1.29 is 19.4 Å². The van der Waals surface area contributed by atoms with Crippen molar-refractivity contribution in [3.63, 3.8) is 0 Å². The van der Waals surface area contributed by atoms with Crippen LogP contribution in [0.2, 0.25) is 0 Å². The van der Waals surface area contributed by atoms with E-state index in [0.717, 1.165) is 12.0 Å². The van der Waals surface area contributed by atoms with Gasteiger partial charge in [0.05, 0.1) is 13.2 Å². The Bertz CT molecular complexity index is 602. The molecule has 0 unspecified atom stereocenters. The summed E-state index contributed by atoms with van der Waals surface area (Å²) in [6.07, 6.45) is 0.637. The maximum absolute atomic E-state index is 12.3. The summed E-state index contributed by atoms with van der Waals surface area (Å²) < 4.78 is 4.72. The smallest absolute Gasteiger partial charge is 0.328 e. The molecule has 1 aromatic rings. The molecule has 2 N–H and O–H groups in total. The van der Waals surface area contributed by atoms with E-state index in [1.165, 1.54) is 7.11 Å². The number of aliphatic hydroxyl groups excluding tert-OH is 1. The summed E-state index contributed by atoms with van der Waals surface area (Å²) in [6, 6.07) is 7.32. The number of carbonyl (C=O) groups excluding carboxylic acids is 2. The van der Waals surface area contributed by atoms with E-state index in [-0.39, 0.29) is 6.42 Å². The van der Waals surface area contributed by atoms with Crippen LogP contribution in [0, 0.1) is 0 Å². The molecular formula is C17H24N4O4. The van der Waals surface area contributed by atoms with Crippen LogP contribution in [0.1, 0.15) is 31.7 Å². The molecule has 1 rings (SSSR count). The van der Waals surface area contributed by atoms with Crippen LogP contribution in [0.3, 0.4) is 0 Å². The quantitative estimate of drug-likeness (QED) is 0.291. The molecule has 0 spiro atoms. The second-order valence-electron chi connectivity index (χ2n) is 5.63. The summed E-state index contributed by atoms with van der Waals surface area (Å²) in [6.45, 7) is 1.95. The average molecular weight is 348 g/mol. The number of benzene rings is 1. The van der Waals surface area contributed by atoms with Crippen LogP contribution >= 0.6 is 0 Å². The molecule has 0 aliphatic heterocycles. The summed E-state index contributed by atoms with van der Waals surface area (Å²) in [7, 11) is 1.23. The van der Waals surface area contributed by atoms with Crippen molar-refractivity contribution in [2.45, 2.75) is 50.8 Å². The molecule has 0 fully saturated rings. The van der Waals surface area contributed by atoms with Crippen LogP contribution < -0.4 is 5.32 Å². The third-order valence-corrected chi connectivity index (χ3v) is 3.77. The Morgan fingerprint density at radius 1 is 1.36 bits per heavy atom. The maximum atomic E-state index is 12.3. The highest BCUT2D eigenvalue weighted by atomic mass is 16.5. The van der Waals surface area contributed by atoms with Gasteiger partial charge in [-0.1, -0.05) is 55.2 Å². The van der Waals surface area contributed by atoms with Crippen LogP contribution in [-0.4, -0.2) is 42.3 Å². The highest BCUT2D eigenvalue weighted by Gasteiger charge is 2.29. The van der Waals surface area contributed by atoms with Crippen molar-refractivity contribution in [2.75, 3.05) is 7.11 Å². The van der Waals surface area contributed by atoms with Crippen LogP contribution in [0.15, 0.2) is 35.4 Å². The number of unbranched alkanes of at least 4 members (excludes halogenated alkanes) is 1. The van der Waals surface area contributed by atoms with Gasteiger partial charge >= 0.3 is 5.97 Å². The number of aliphatic hydroxyl groups is 1. The number of methoxy groups -OCH3 is 1. The normalized spacial score (nSPS) is 13.9. The molecule has 1 amide bonds. The van der Waals surface area contributed by atoms with Gasteiger partial charge in [0.25, 0.3) is 0 Å². The summed E-state index contributed by atoms with van der Waals surface area (Å²) in [5.41, 5.74) is 9.45. The molecule has 0 aliphatic rings. The Hall–Kier alpha value is -2.57. The minimum Gasteiger partial charge on any atom is -0.467 e. The van der Waals surface area contributed by atoms with Gasteiger partial charge in [0.1, 0.15) is 12.1 Å². The van der Waals surface area contributed by atoms with E-state index in [9.17, 15) is 14.7 Å². The lowest BCUT2D eigenvalue weighted by Crippen LogP contribution is -2.49. The van der Waals surface area contributed by atoms with Gasteiger partial charge in [-0.25, -0.2) is 4.79 Å². The van der Waals surface area contributed by atoms with E-state index in [1.54, 1.807) is 0 Å². The number of nitrogens with zero attached hydrogens (tertiary/aromatic N) is 3. The fourth-order valence-electron chi connectivity index (χ4n) is 2.38. The van der Waals surface area contributed by atoms with E-state index >= 15 is 0 Å². The fraction of sp³-hybridized carbons (Fsp3) is 0.529. The Labute approximate surface area is 146 Å². The van der Waals surface area contributed by atoms with Gasteiger partial charge in [-0.3, -0.25) is 4.79 Å². The second kappa shape index (κ2) is 11.1. The molecule has 3 atom stereocenters. The van der Waals surface area contributed by atoms with Crippen molar-refractivity contribution in [1.29, 1.82) is 0 Å². The number of hydrogen-bond donors (Lipinski definition) is 2. The number of ether oxygens (including phenoxy) is 1. The highest BCUT2D eigenvalue weighted by molar-refractivity contribution is 5.87. The summed E-state index contributed by atoms with van der Waals surface area (Å²) in [5.74, 6) is -1.38. The Morgan fingerprint density at radius 3 is 2.60 bits per heavy atom. The zero-order valence-corrected chi connectivity index (χ0v) is 14.5. The molecule has 8 nitrogen and oxygen atoms in total. The number of nitrogens with one attached hydrogen (secondary N) is 1. The lowest BCUT2D eigenvalue weighted by atomic mass is 10.0. The number of amides is 1. The van der Waals surface area contributed by atoms with E-state index in [0.29, 0.717) is 12.8 Å². The number of hydrogen-bond acceptors (Lipinski definition) is 5. The zero-order chi connectivity index (χ0) is 18.7. The molecule has 1 aromatic carbocycles. The van der Waals surface area contributed by atoms with Crippen molar-refractivity contribution in [3.05, 3.63) is 46.3 Å². The van der Waals surface area contributed by atoms with Gasteiger partial charge in [-0.15, -0.1) is 0 Å². The zero-order valence-electron chi connectivity index (χ0n) is 14.5. The van der Waals surface area contributed by atoms with Crippen LogP contribution in [0.25, 0.3) is 10.4 Å². The van der Waals surface area contributed by atoms with Gasteiger partial charge in [-0.05, 0) is 17.5 Å². The standard InChI is InChI=1S/C17H24N4O4/c1-3-4-10-13(20-21-18)15(22)16(23)19-14(17(24)25-2)11-12-8-6-5-7-9-12/h5-9,13-15,22H,3-4,10-11H2,1-2H3,(H,19,23)/t13-,14-,15-/m0/s1. The molecule has 25 heavy (non-hydrogen) atoms. The Kier molecular flexibility index (Phi) is 9.06. The van der Waals surface area contributed by atoms with Crippen molar-refractivity contribution in [1.82, 2.24) is 5.32 Å². The fourth-order valence-corrected chi connectivity index (χ4v) is 2.38. The van der Waals surface area contributed by atoms with E-state index in [4.69, 9.17) is 10.3 Å². The first-order chi connectivity index (χ1) is 12.0. The number of azide groups is 1. The van der Waals surface area contributed by atoms with Gasteiger partial charge < -0.3 is 15.2 Å². The summed E-state index contributed by atoms with van der Waals surface area (Å²) in [4.78, 5) is 26.9. The number of esters is 1. The average Bonchev–Trinajstić information content (AvgIpc) is 2.64. The lowest BCUT2D eigenvalue weighted by Gasteiger charge is -2.21. The van der Waals surface area contributed by atoms with Crippen LogP contribution in [0.5, 0.6) is 0 Å². The second-order valence-corrected chi connectivity index (χ2v) is 5.63. The van der Waals surface area contributed by atoms with E-state index in [1.807, 2.05) is 37.3 Å². The molecule has 0 aliphatic carbocycles. The van der Waals surface area contributed by atoms with Crippen molar-refractivity contribution in [3.8, 4) is 0 Å². The molecule has 136 valence electrons. The maximum Gasteiger partial charge on any atom is 0.328 e. The first-order valence-electron chi connectivity index (χ1n) is 8.17. The number of carbonyl (C=O) groups is 2. The monoisotopic (exact) mass is 348 g/mol. The summed E-state index contributed by atoms with van der Waals surface area (Å²) >= 11 is 0. The van der Waals surface area contributed by atoms with Crippen LogP contribution in [-0.2, 0) is 20.7 Å². The first-order valence-corrected chi connectivity index (χ1v) is 8.17. The SMILES string of the molecule is CCCC[C@H](N=[N+]=[N-])[C@H](O)C(=O)N[C@@H](Cc1ccccc1)C(=O)OC. The molecule has 0 bridgehead atoms. The molecule has 0 saturated carbocycles. The van der Waals surface area contributed by atoms with Crippen molar-refractivity contribution in [2.24, 2.45) is 5.11 Å². The first kappa shape index (κ1) is 20.5. The van der Waals surface area contributed by atoms with E-state index in [2.05, 4.69) is 15.3 Å². The Balaban J connectivity index is 2.81. The largest absolute Gasteiger partial charge is 0.467 e. The van der Waals surface area contributed by atoms with Crippen molar-refractivity contribution >= 4 is 11.9 Å². The Morgan fingerprint density at radius 2 is 2.04 bits per heavy atom. The summed E-state index contributed by atoms with van der Waals surface area (Å²) in [5, 5.41) is 16.2. The van der Waals surface area contributed by atoms with Gasteiger partial charge in [-0.2, -0.15) is 0 Å². The predicted octanol–water partition coefficient (Wildman–Crippen LogP) is 2.12. The highest BCUT2D eigenvalue weighted by Crippen LogP contribution is 2.11. The van der Waals surface area contributed by atoms with Gasteiger partial charge in [0, 0.05) is 11.3 Å². The molecule has 0 aromatic heterocycles. The third-order valence-electron chi connectivity index (χ3n) is 3.77. The molecule has 0 saturated heterocycles. The topological polar surface area (TPSA) is 124 Å². The third kappa shape index (κ3) is 6.82. The minimum atomic E-state index is -1.52. The molecule has 0 radical (unpaired) electrons. The number of rotatable bonds is 10. The molecule has 0 heterocycles. The minimum absolute atomic E-state index is 0.229. The lowest BCUT2D eigenvalue weighted by molar-refractivity contribution is -0.146. The predicted molar refractivity (Wildman–Crippen MR) is 92.6 cm³/mol. The molecule has 8 heteroatoms. The molecular weight excluding hydrogens is 324 g/mol. The van der Waals surface area contributed by atoms with Gasteiger partial charge in [0.2, 0.25) is 5.91 Å².